The Bertz CT molecular complexity index is 512. The first-order valence-corrected chi connectivity index (χ1v) is 6.76. The number of aromatic nitrogens is 2. The molecule has 0 radical (unpaired) electrons. The van der Waals surface area contributed by atoms with Crippen LogP contribution in [-0.4, -0.2) is 23.3 Å². The van der Waals surface area contributed by atoms with Crippen LogP contribution in [-0.2, 0) is 6.54 Å². The number of benzene rings is 1. The van der Waals surface area contributed by atoms with Gasteiger partial charge < -0.3 is 14.8 Å². The summed E-state index contributed by atoms with van der Waals surface area (Å²) in [5.41, 5.74) is 0.894. The van der Waals surface area contributed by atoms with Gasteiger partial charge in [-0.2, -0.15) is 5.10 Å². The monoisotopic (exact) mass is 273 g/mol. The van der Waals surface area contributed by atoms with Gasteiger partial charge in [0.1, 0.15) is 11.5 Å². The molecule has 0 saturated heterocycles. The molecule has 0 unspecified atom stereocenters. The van der Waals surface area contributed by atoms with Crippen LogP contribution < -0.4 is 14.8 Å². The fourth-order valence-electron chi connectivity index (χ4n) is 1.64. The molecule has 1 aromatic carbocycles. The molecule has 0 aliphatic heterocycles. The molecule has 2 rings (SSSR count). The first-order chi connectivity index (χ1) is 9.81. The van der Waals surface area contributed by atoms with Crippen LogP contribution in [0, 0.1) is 0 Å². The van der Waals surface area contributed by atoms with E-state index in [-0.39, 0.29) is 0 Å². The van der Waals surface area contributed by atoms with Gasteiger partial charge in [0, 0.05) is 12.6 Å². The van der Waals surface area contributed by atoms with Crippen molar-refractivity contribution in [2.75, 3.05) is 13.2 Å². The van der Waals surface area contributed by atoms with Crippen molar-refractivity contribution in [1.29, 1.82) is 0 Å². The molecular weight excluding hydrogens is 254 g/mol. The van der Waals surface area contributed by atoms with Gasteiger partial charge in [0.2, 0.25) is 5.88 Å². The highest BCUT2D eigenvalue weighted by Crippen LogP contribution is 2.22. The van der Waals surface area contributed by atoms with Crippen LogP contribution in [0.25, 0.3) is 0 Å². The van der Waals surface area contributed by atoms with Crippen molar-refractivity contribution >= 4 is 0 Å². The maximum Gasteiger partial charge on any atom is 0.238 e. The SMILES string of the molecule is CCNCc1ccc(Oc2ccc(OCC)cc2)nn1. The third kappa shape index (κ3) is 4.20. The van der Waals surface area contributed by atoms with Gasteiger partial charge in [-0.3, -0.25) is 0 Å². The van der Waals surface area contributed by atoms with Gasteiger partial charge in [-0.05, 0) is 43.8 Å². The van der Waals surface area contributed by atoms with E-state index >= 15 is 0 Å². The van der Waals surface area contributed by atoms with Gasteiger partial charge >= 0.3 is 0 Å². The van der Waals surface area contributed by atoms with Crippen LogP contribution >= 0.6 is 0 Å². The second kappa shape index (κ2) is 7.45. The van der Waals surface area contributed by atoms with Gasteiger partial charge in [0.05, 0.1) is 12.3 Å². The zero-order chi connectivity index (χ0) is 14.2. The third-order valence-corrected chi connectivity index (χ3v) is 2.61. The van der Waals surface area contributed by atoms with Gasteiger partial charge in [-0.1, -0.05) is 6.92 Å². The van der Waals surface area contributed by atoms with E-state index in [4.69, 9.17) is 9.47 Å². The van der Waals surface area contributed by atoms with E-state index in [2.05, 4.69) is 22.4 Å². The molecule has 106 valence electrons. The van der Waals surface area contributed by atoms with E-state index in [0.717, 1.165) is 18.0 Å². The molecule has 5 heteroatoms. The molecule has 2 aromatic rings. The van der Waals surface area contributed by atoms with E-state index in [0.29, 0.717) is 24.8 Å². The van der Waals surface area contributed by atoms with Crippen molar-refractivity contribution in [3.05, 3.63) is 42.1 Å². The molecule has 5 nitrogen and oxygen atoms in total. The van der Waals surface area contributed by atoms with Crippen molar-refractivity contribution in [3.8, 4) is 17.4 Å². The largest absolute Gasteiger partial charge is 0.494 e. The highest BCUT2D eigenvalue weighted by molar-refractivity contribution is 5.33. The highest BCUT2D eigenvalue weighted by Gasteiger charge is 2.01. The van der Waals surface area contributed by atoms with Crippen molar-refractivity contribution in [2.24, 2.45) is 0 Å². The molecule has 1 aromatic heterocycles. The van der Waals surface area contributed by atoms with E-state index in [1.165, 1.54) is 0 Å². The summed E-state index contributed by atoms with van der Waals surface area (Å²) in [7, 11) is 0. The average molecular weight is 273 g/mol. The minimum Gasteiger partial charge on any atom is -0.494 e. The predicted molar refractivity (Wildman–Crippen MR) is 77.1 cm³/mol. The Hall–Kier alpha value is -2.14. The summed E-state index contributed by atoms with van der Waals surface area (Å²) in [5, 5.41) is 11.3. The fraction of sp³-hybridized carbons (Fsp3) is 0.333. The highest BCUT2D eigenvalue weighted by atomic mass is 16.5. The van der Waals surface area contributed by atoms with Gasteiger partial charge in [-0.25, -0.2) is 0 Å². The zero-order valence-electron chi connectivity index (χ0n) is 11.8. The van der Waals surface area contributed by atoms with Crippen LogP contribution in [0.4, 0.5) is 0 Å². The molecular formula is C15H19N3O2. The van der Waals surface area contributed by atoms with Crippen LogP contribution in [0.5, 0.6) is 17.4 Å². The summed E-state index contributed by atoms with van der Waals surface area (Å²) in [6.45, 7) is 6.28. The predicted octanol–water partition coefficient (Wildman–Crippen LogP) is 2.78. The Morgan fingerprint density at radius 1 is 0.950 bits per heavy atom. The summed E-state index contributed by atoms with van der Waals surface area (Å²) < 4.78 is 11.0. The second-order valence-electron chi connectivity index (χ2n) is 4.15. The lowest BCUT2D eigenvalue weighted by molar-refractivity contribution is 0.339. The Morgan fingerprint density at radius 3 is 2.30 bits per heavy atom. The fourth-order valence-corrected chi connectivity index (χ4v) is 1.64. The van der Waals surface area contributed by atoms with Crippen LogP contribution in [0.1, 0.15) is 19.5 Å². The van der Waals surface area contributed by atoms with E-state index in [1.807, 2.05) is 43.3 Å². The van der Waals surface area contributed by atoms with E-state index in [1.54, 1.807) is 0 Å². The lowest BCUT2D eigenvalue weighted by atomic mass is 10.3. The van der Waals surface area contributed by atoms with Crippen LogP contribution in [0.3, 0.4) is 0 Å². The zero-order valence-corrected chi connectivity index (χ0v) is 11.8. The lowest BCUT2D eigenvalue weighted by Gasteiger charge is -2.06. The molecule has 0 fully saturated rings. The summed E-state index contributed by atoms with van der Waals surface area (Å²) in [4.78, 5) is 0. The number of hydrogen-bond acceptors (Lipinski definition) is 5. The summed E-state index contributed by atoms with van der Waals surface area (Å²) in [6.07, 6.45) is 0. The standard InChI is InChI=1S/C15H19N3O2/c1-3-16-11-12-5-10-15(18-17-12)20-14-8-6-13(7-9-14)19-4-2/h5-10,16H,3-4,11H2,1-2H3. The maximum absolute atomic E-state index is 5.62. The molecule has 1 N–H and O–H groups in total. The Balaban J connectivity index is 1.95. The number of nitrogens with one attached hydrogen (secondary N) is 1. The molecule has 0 bridgehead atoms. The van der Waals surface area contributed by atoms with Crippen LogP contribution in [0.2, 0.25) is 0 Å². The number of hydrogen-bond donors (Lipinski definition) is 1. The maximum atomic E-state index is 5.62. The normalized spacial score (nSPS) is 10.3. The molecule has 20 heavy (non-hydrogen) atoms. The second-order valence-corrected chi connectivity index (χ2v) is 4.15. The third-order valence-electron chi connectivity index (χ3n) is 2.61. The van der Waals surface area contributed by atoms with Crippen molar-refractivity contribution in [2.45, 2.75) is 20.4 Å². The summed E-state index contributed by atoms with van der Waals surface area (Å²) in [5.74, 6) is 2.02. The Kier molecular flexibility index (Phi) is 5.32. The lowest BCUT2D eigenvalue weighted by Crippen LogP contribution is -2.13. The Labute approximate surface area is 118 Å². The summed E-state index contributed by atoms with van der Waals surface area (Å²) in [6, 6.07) is 11.1. The minimum atomic E-state index is 0.481. The van der Waals surface area contributed by atoms with E-state index < -0.39 is 0 Å². The number of ether oxygens (including phenoxy) is 2. The first kappa shape index (κ1) is 14.3. The topological polar surface area (TPSA) is 56.3 Å². The molecule has 0 aliphatic rings. The summed E-state index contributed by atoms with van der Waals surface area (Å²) >= 11 is 0. The van der Waals surface area contributed by atoms with Crippen LogP contribution in [0.15, 0.2) is 36.4 Å². The molecule has 0 spiro atoms. The van der Waals surface area contributed by atoms with Gasteiger partial charge in [-0.15, -0.1) is 5.10 Å². The smallest absolute Gasteiger partial charge is 0.238 e. The first-order valence-electron chi connectivity index (χ1n) is 6.76. The molecule has 0 aliphatic carbocycles. The van der Waals surface area contributed by atoms with Gasteiger partial charge in [0.15, 0.2) is 0 Å². The number of nitrogens with zero attached hydrogens (tertiary/aromatic N) is 2. The molecule has 0 saturated carbocycles. The molecule has 0 amide bonds. The van der Waals surface area contributed by atoms with Crippen molar-refractivity contribution in [3.63, 3.8) is 0 Å². The van der Waals surface area contributed by atoms with E-state index in [9.17, 15) is 0 Å². The van der Waals surface area contributed by atoms with Crippen molar-refractivity contribution < 1.29 is 9.47 Å². The molecule has 0 atom stereocenters. The quantitative estimate of drug-likeness (QED) is 0.840. The Morgan fingerprint density at radius 2 is 1.70 bits per heavy atom. The van der Waals surface area contributed by atoms with Gasteiger partial charge in [0.25, 0.3) is 0 Å². The minimum absolute atomic E-state index is 0.481. The molecule has 1 heterocycles. The van der Waals surface area contributed by atoms with Crippen molar-refractivity contribution in [1.82, 2.24) is 15.5 Å². The number of rotatable bonds is 7. The average Bonchev–Trinajstić information content (AvgIpc) is 2.49.